The summed E-state index contributed by atoms with van der Waals surface area (Å²) in [5.74, 6) is 0.249. The first kappa shape index (κ1) is 16.0. The van der Waals surface area contributed by atoms with Crippen LogP contribution in [0.2, 0.25) is 0 Å². The second-order valence-electron chi connectivity index (χ2n) is 5.51. The Labute approximate surface area is 126 Å². The summed E-state index contributed by atoms with van der Waals surface area (Å²) in [5.41, 5.74) is 6.90. The van der Waals surface area contributed by atoms with Gasteiger partial charge < -0.3 is 5.73 Å². The second kappa shape index (κ2) is 6.58. The van der Waals surface area contributed by atoms with E-state index < -0.39 is 15.9 Å². The highest BCUT2D eigenvalue weighted by Gasteiger charge is 2.26. The van der Waals surface area contributed by atoms with E-state index in [1.54, 1.807) is 23.4 Å². The van der Waals surface area contributed by atoms with Gasteiger partial charge in [0.15, 0.2) is 0 Å². The number of sulfonamides is 1. The molecule has 21 heavy (non-hydrogen) atoms. The van der Waals surface area contributed by atoms with Crippen molar-refractivity contribution in [1.82, 2.24) is 4.31 Å². The molecule has 1 fully saturated rings. The van der Waals surface area contributed by atoms with Crippen LogP contribution in [0.25, 0.3) is 0 Å². The number of nitrogens with zero attached hydrogens (tertiary/aromatic N) is 1. The van der Waals surface area contributed by atoms with Gasteiger partial charge in [0, 0.05) is 18.7 Å². The molecule has 0 atom stereocenters. The molecule has 6 heteroatoms. The van der Waals surface area contributed by atoms with Crippen molar-refractivity contribution in [3.05, 3.63) is 35.4 Å². The minimum atomic E-state index is -3.05. The summed E-state index contributed by atoms with van der Waals surface area (Å²) in [6.45, 7) is 2.90. The van der Waals surface area contributed by atoms with Gasteiger partial charge in [-0.1, -0.05) is 12.1 Å². The number of hydrogen-bond acceptors (Lipinski definition) is 3. The number of hydrogen-bond donors (Lipinski definition) is 1. The smallest absolute Gasteiger partial charge is 0.248 e. The van der Waals surface area contributed by atoms with Crippen LogP contribution < -0.4 is 5.73 Å². The Morgan fingerprint density at radius 2 is 1.81 bits per heavy atom. The quantitative estimate of drug-likeness (QED) is 0.892. The Kier molecular flexibility index (Phi) is 5.00. The van der Waals surface area contributed by atoms with Crippen molar-refractivity contribution in [2.75, 3.05) is 18.8 Å². The Morgan fingerprint density at radius 3 is 2.29 bits per heavy atom. The van der Waals surface area contributed by atoms with Gasteiger partial charge in [0.05, 0.1) is 5.75 Å². The topological polar surface area (TPSA) is 80.5 Å². The van der Waals surface area contributed by atoms with E-state index in [4.69, 9.17) is 5.73 Å². The van der Waals surface area contributed by atoms with Gasteiger partial charge >= 0.3 is 0 Å². The standard InChI is InChI=1S/C15H22N2O3S/c1-2-21(19,20)17-9-7-13(8-10-17)11-12-3-5-14(6-4-12)15(16)18/h3-6,13H,2,7-11H2,1H3,(H2,16,18). The molecule has 2 rings (SSSR count). The Hall–Kier alpha value is -1.40. The molecule has 0 aromatic heterocycles. The molecule has 1 aliphatic heterocycles. The lowest BCUT2D eigenvalue weighted by atomic mass is 9.91. The summed E-state index contributed by atoms with van der Waals surface area (Å²) in [7, 11) is -3.05. The van der Waals surface area contributed by atoms with E-state index in [0.717, 1.165) is 24.8 Å². The van der Waals surface area contributed by atoms with Gasteiger partial charge in [-0.25, -0.2) is 12.7 Å². The fraction of sp³-hybridized carbons (Fsp3) is 0.533. The molecule has 0 radical (unpaired) electrons. The van der Waals surface area contributed by atoms with Crippen molar-refractivity contribution in [3.8, 4) is 0 Å². The number of amides is 1. The molecule has 0 unspecified atom stereocenters. The van der Waals surface area contributed by atoms with E-state index in [1.807, 2.05) is 12.1 Å². The highest BCUT2D eigenvalue weighted by molar-refractivity contribution is 7.89. The van der Waals surface area contributed by atoms with Crippen LogP contribution in [0.4, 0.5) is 0 Å². The van der Waals surface area contributed by atoms with Gasteiger partial charge in [0.25, 0.3) is 0 Å². The molecule has 2 N–H and O–H groups in total. The predicted molar refractivity (Wildman–Crippen MR) is 82.4 cm³/mol. The number of piperidine rings is 1. The van der Waals surface area contributed by atoms with Crippen molar-refractivity contribution in [1.29, 1.82) is 0 Å². The third-order valence-electron chi connectivity index (χ3n) is 4.09. The fourth-order valence-corrected chi connectivity index (χ4v) is 3.84. The largest absolute Gasteiger partial charge is 0.366 e. The van der Waals surface area contributed by atoms with Crippen LogP contribution in [0.1, 0.15) is 35.7 Å². The van der Waals surface area contributed by atoms with Crippen molar-refractivity contribution in [3.63, 3.8) is 0 Å². The average molecular weight is 310 g/mol. The van der Waals surface area contributed by atoms with Crippen LogP contribution in [0.5, 0.6) is 0 Å². The van der Waals surface area contributed by atoms with Gasteiger partial charge in [-0.05, 0) is 49.8 Å². The predicted octanol–water partition coefficient (Wildman–Crippen LogP) is 1.39. The third kappa shape index (κ3) is 4.04. The van der Waals surface area contributed by atoms with Crippen LogP contribution in [0.3, 0.4) is 0 Å². The van der Waals surface area contributed by atoms with E-state index in [1.165, 1.54) is 0 Å². The van der Waals surface area contributed by atoms with Gasteiger partial charge in [-0.3, -0.25) is 4.79 Å². The summed E-state index contributed by atoms with van der Waals surface area (Å²) in [5, 5.41) is 0. The maximum atomic E-state index is 11.8. The highest BCUT2D eigenvalue weighted by Crippen LogP contribution is 2.23. The van der Waals surface area contributed by atoms with Crippen molar-refractivity contribution < 1.29 is 13.2 Å². The lowest BCUT2D eigenvalue weighted by Crippen LogP contribution is -2.39. The number of carbonyl (C=O) groups is 1. The number of benzene rings is 1. The first-order chi connectivity index (χ1) is 9.92. The van der Waals surface area contributed by atoms with Gasteiger partial charge in [0.2, 0.25) is 15.9 Å². The molecular formula is C15H22N2O3S. The first-order valence-corrected chi connectivity index (χ1v) is 8.90. The number of carbonyl (C=O) groups excluding carboxylic acids is 1. The zero-order valence-corrected chi connectivity index (χ0v) is 13.1. The molecule has 0 spiro atoms. The summed E-state index contributed by atoms with van der Waals surface area (Å²) in [6.07, 6.45) is 2.69. The number of primary amides is 1. The summed E-state index contributed by atoms with van der Waals surface area (Å²) in [6, 6.07) is 7.34. The maximum absolute atomic E-state index is 11.8. The van der Waals surface area contributed by atoms with E-state index in [0.29, 0.717) is 24.6 Å². The minimum absolute atomic E-state index is 0.173. The SMILES string of the molecule is CCS(=O)(=O)N1CCC(Cc2ccc(C(N)=O)cc2)CC1. The van der Waals surface area contributed by atoms with E-state index in [9.17, 15) is 13.2 Å². The molecule has 1 aromatic carbocycles. The second-order valence-corrected chi connectivity index (χ2v) is 7.77. The summed E-state index contributed by atoms with van der Waals surface area (Å²) in [4.78, 5) is 11.0. The van der Waals surface area contributed by atoms with Crippen molar-refractivity contribution >= 4 is 15.9 Å². The lowest BCUT2D eigenvalue weighted by Gasteiger charge is -2.31. The molecular weight excluding hydrogens is 288 g/mol. The Balaban J connectivity index is 1.90. The Morgan fingerprint density at radius 1 is 1.24 bits per heavy atom. The van der Waals surface area contributed by atoms with Crippen molar-refractivity contribution in [2.45, 2.75) is 26.2 Å². The molecule has 116 valence electrons. The van der Waals surface area contributed by atoms with Gasteiger partial charge in [-0.15, -0.1) is 0 Å². The molecule has 0 bridgehead atoms. The number of rotatable bonds is 5. The first-order valence-electron chi connectivity index (χ1n) is 7.29. The maximum Gasteiger partial charge on any atom is 0.248 e. The molecule has 0 saturated carbocycles. The van der Waals surface area contributed by atoms with Crippen LogP contribution in [-0.4, -0.2) is 37.5 Å². The van der Waals surface area contributed by atoms with Crippen molar-refractivity contribution in [2.24, 2.45) is 11.7 Å². The van der Waals surface area contributed by atoms with Crippen LogP contribution in [0, 0.1) is 5.92 Å². The average Bonchev–Trinajstić information content (AvgIpc) is 2.48. The zero-order valence-electron chi connectivity index (χ0n) is 12.3. The third-order valence-corrected chi connectivity index (χ3v) is 5.98. The zero-order chi connectivity index (χ0) is 15.5. The van der Waals surface area contributed by atoms with Crippen LogP contribution in [0.15, 0.2) is 24.3 Å². The molecule has 0 aliphatic carbocycles. The molecule has 1 aromatic rings. The monoisotopic (exact) mass is 310 g/mol. The van der Waals surface area contributed by atoms with Gasteiger partial charge in [0.1, 0.15) is 0 Å². The van der Waals surface area contributed by atoms with Crippen LogP contribution >= 0.6 is 0 Å². The van der Waals surface area contributed by atoms with E-state index >= 15 is 0 Å². The highest BCUT2D eigenvalue weighted by atomic mass is 32.2. The summed E-state index contributed by atoms with van der Waals surface area (Å²) < 4.78 is 25.2. The molecule has 5 nitrogen and oxygen atoms in total. The lowest BCUT2D eigenvalue weighted by molar-refractivity contribution is 0.100. The molecule has 1 amide bonds. The van der Waals surface area contributed by atoms with Crippen LogP contribution in [-0.2, 0) is 16.4 Å². The summed E-state index contributed by atoms with van der Waals surface area (Å²) >= 11 is 0. The Bertz CT molecular complexity index is 588. The van der Waals surface area contributed by atoms with Gasteiger partial charge in [-0.2, -0.15) is 0 Å². The van der Waals surface area contributed by atoms with E-state index in [2.05, 4.69) is 0 Å². The number of nitrogens with two attached hydrogens (primary N) is 1. The molecule has 1 saturated heterocycles. The fourth-order valence-electron chi connectivity index (χ4n) is 2.71. The molecule has 1 heterocycles. The normalized spacial score (nSPS) is 17.8. The van der Waals surface area contributed by atoms with E-state index in [-0.39, 0.29) is 5.75 Å². The molecule has 1 aliphatic rings. The minimum Gasteiger partial charge on any atom is -0.366 e.